The number of hydroxylamine groups is 3. The molecule has 3 unspecified atom stereocenters. The van der Waals surface area contributed by atoms with Crippen molar-refractivity contribution < 1.29 is 31.2 Å². The molecule has 0 N–H and O–H groups in total. The number of quaternary nitrogens is 1. The van der Waals surface area contributed by atoms with Crippen LogP contribution in [0.2, 0.25) is 0 Å². The Kier molecular flexibility index (Phi) is 6.45. The van der Waals surface area contributed by atoms with Crippen LogP contribution in [-0.2, 0) is 16.1 Å². The number of nitrogens with zero attached hydrogens (tertiary/aromatic N) is 1. The van der Waals surface area contributed by atoms with E-state index in [1.165, 1.54) is 24.8 Å². The van der Waals surface area contributed by atoms with Gasteiger partial charge in [-0.15, -0.1) is 0 Å². The molecule has 4 heteroatoms. The van der Waals surface area contributed by atoms with Crippen molar-refractivity contribution in [1.29, 1.82) is 0 Å². The standard InChI is InChI=1S/C18H28NO2.BrH/c1-15(2)14-20-18-12-17-10-6-7-11-19(17,21-18)13-16-8-4-3-5-9-16;/h3-5,8-9,15,17-18H,6-7,10-14H2,1-2H3;1H/q+1;/p-1. The van der Waals surface area contributed by atoms with Gasteiger partial charge in [0.05, 0.1) is 13.0 Å². The summed E-state index contributed by atoms with van der Waals surface area (Å²) in [6.07, 6.45) is 4.91. The fraction of sp³-hybridized carbons (Fsp3) is 0.667. The maximum Gasteiger partial charge on any atom is 0.221 e. The van der Waals surface area contributed by atoms with Gasteiger partial charge in [0.2, 0.25) is 6.29 Å². The molecule has 0 spiro atoms. The number of benzene rings is 1. The summed E-state index contributed by atoms with van der Waals surface area (Å²) in [5.74, 6) is 0.564. The third-order valence-corrected chi connectivity index (χ3v) is 4.69. The molecule has 0 aromatic heterocycles. The molecule has 0 bridgehead atoms. The van der Waals surface area contributed by atoms with Crippen molar-refractivity contribution >= 4 is 0 Å². The minimum atomic E-state index is -0.0146. The summed E-state index contributed by atoms with van der Waals surface area (Å²) < 4.78 is 6.77. The van der Waals surface area contributed by atoms with E-state index in [9.17, 15) is 0 Å². The second-order valence-electron chi connectivity index (χ2n) is 6.97. The zero-order chi connectivity index (χ0) is 14.7. The Morgan fingerprint density at radius 2 is 2.00 bits per heavy atom. The summed E-state index contributed by atoms with van der Waals surface area (Å²) in [7, 11) is 0. The number of piperidine rings is 1. The van der Waals surface area contributed by atoms with E-state index in [2.05, 4.69) is 44.2 Å². The molecule has 0 radical (unpaired) electrons. The largest absolute Gasteiger partial charge is 1.00 e. The molecule has 3 nitrogen and oxygen atoms in total. The Bertz CT molecular complexity index is 454. The first-order chi connectivity index (χ1) is 10.2. The fourth-order valence-corrected chi connectivity index (χ4v) is 3.66. The smallest absolute Gasteiger partial charge is 0.221 e. The summed E-state index contributed by atoms with van der Waals surface area (Å²) in [4.78, 5) is 6.42. The van der Waals surface area contributed by atoms with Gasteiger partial charge in [-0.25, -0.2) is 0 Å². The first kappa shape index (κ1) is 17.9. The Hall–Kier alpha value is -0.420. The SMILES string of the molecule is CC(C)COC1CC2CCCC[N+]2(Cc2ccccc2)O1.[Br-]. The van der Waals surface area contributed by atoms with Gasteiger partial charge in [0, 0.05) is 12.0 Å². The second-order valence-corrected chi connectivity index (χ2v) is 6.97. The number of rotatable bonds is 5. The highest BCUT2D eigenvalue weighted by molar-refractivity contribution is 5.13. The van der Waals surface area contributed by atoms with Crippen LogP contribution in [0.3, 0.4) is 0 Å². The van der Waals surface area contributed by atoms with Crippen LogP contribution in [0.1, 0.15) is 45.1 Å². The molecule has 2 fully saturated rings. The van der Waals surface area contributed by atoms with E-state index in [1.54, 1.807) is 0 Å². The second kappa shape index (κ2) is 7.91. The topological polar surface area (TPSA) is 18.5 Å². The fourth-order valence-electron chi connectivity index (χ4n) is 3.66. The molecule has 2 aliphatic heterocycles. The van der Waals surface area contributed by atoms with Crippen molar-refractivity contribution in [3.8, 4) is 0 Å². The van der Waals surface area contributed by atoms with Crippen LogP contribution in [0.4, 0.5) is 0 Å². The lowest BCUT2D eigenvalue weighted by Crippen LogP contribution is -3.00. The Balaban J connectivity index is 0.00000176. The van der Waals surface area contributed by atoms with Crippen molar-refractivity contribution in [3.63, 3.8) is 0 Å². The van der Waals surface area contributed by atoms with Crippen LogP contribution < -0.4 is 17.0 Å². The average molecular weight is 370 g/mol. The van der Waals surface area contributed by atoms with Gasteiger partial charge in [0.1, 0.15) is 19.1 Å². The number of hydrogen-bond donors (Lipinski definition) is 0. The summed E-state index contributed by atoms with van der Waals surface area (Å²) >= 11 is 0. The predicted octanol–water partition coefficient (Wildman–Crippen LogP) is 0.894. The normalized spacial score (nSPS) is 30.9. The van der Waals surface area contributed by atoms with E-state index in [-0.39, 0.29) is 23.3 Å². The molecular weight excluding hydrogens is 342 g/mol. The van der Waals surface area contributed by atoms with Crippen molar-refractivity contribution in [2.75, 3.05) is 13.2 Å². The van der Waals surface area contributed by atoms with Gasteiger partial charge >= 0.3 is 0 Å². The van der Waals surface area contributed by atoms with E-state index in [1.807, 2.05) is 0 Å². The highest BCUT2D eigenvalue weighted by Crippen LogP contribution is 2.39. The van der Waals surface area contributed by atoms with E-state index >= 15 is 0 Å². The van der Waals surface area contributed by atoms with Crippen LogP contribution in [0.5, 0.6) is 0 Å². The maximum atomic E-state index is 6.42. The van der Waals surface area contributed by atoms with E-state index in [0.29, 0.717) is 12.0 Å². The van der Waals surface area contributed by atoms with E-state index in [0.717, 1.165) is 30.8 Å². The van der Waals surface area contributed by atoms with Gasteiger partial charge < -0.3 is 21.7 Å². The molecule has 1 aromatic rings. The molecule has 22 heavy (non-hydrogen) atoms. The Morgan fingerprint density at radius 1 is 1.23 bits per heavy atom. The quantitative estimate of drug-likeness (QED) is 0.717. The minimum absolute atomic E-state index is 0. The number of ether oxygens (including phenoxy) is 1. The third-order valence-electron chi connectivity index (χ3n) is 4.69. The first-order valence-electron chi connectivity index (χ1n) is 8.39. The van der Waals surface area contributed by atoms with Crippen molar-refractivity contribution in [1.82, 2.24) is 0 Å². The lowest BCUT2D eigenvalue weighted by molar-refractivity contribution is -1.13. The lowest BCUT2D eigenvalue weighted by atomic mass is 9.98. The van der Waals surface area contributed by atoms with Gasteiger partial charge in [-0.1, -0.05) is 44.2 Å². The monoisotopic (exact) mass is 369 g/mol. The average Bonchev–Trinajstić information content (AvgIpc) is 2.84. The van der Waals surface area contributed by atoms with Crippen molar-refractivity contribution in [3.05, 3.63) is 35.9 Å². The van der Waals surface area contributed by atoms with Crippen LogP contribution >= 0.6 is 0 Å². The molecular formula is C18H28BrNO2. The molecule has 2 heterocycles. The van der Waals surface area contributed by atoms with Gasteiger partial charge in [0.25, 0.3) is 0 Å². The first-order valence-corrected chi connectivity index (χ1v) is 8.39. The molecule has 2 aliphatic rings. The van der Waals surface area contributed by atoms with Crippen LogP contribution in [0, 0.1) is 5.92 Å². The summed E-state index contributed by atoms with van der Waals surface area (Å²) in [6, 6.07) is 11.4. The molecule has 124 valence electrons. The van der Waals surface area contributed by atoms with E-state index < -0.39 is 0 Å². The van der Waals surface area contributed by atoms with Gasteiger partial charge in [-0.3, -0.25) is 0 Å². The number of fused-ring (bicyclic) bond motifs is 1. The van der Waals surface area contributed by atoms with Crippen LogP contribution in [0.15, 0.2) is 30.3 Å². The summed E-state index contributed by atoms with van der Waals surface area (Å²) in [5.41, 5.74) is 1.37. The predicted molar refractivity (Wildman–Crippen MR) is 83.2 cm³/mol. The van der Waals surface area contributed by atoms with Crippen LogP contribution in [-0.4, -0.2) is 30.1 Å². The van der Waals surface area contributed by atoms with Crippen LogP contribution in [0.25, 0.3) is 0 Å². The molecule has 3 rings (SSSR count). The number of hydrogen-bond acceptors (Lipinski definition) is 2. The zero-order valence-electron chi connectivity index (χ0n) is 13.7. The highest BCUT2D eigenvalue weighted by Gasteiger charge is 2.51. The van der Waals surface area contributed by atoms with Gasteiger partial charge in [-0.05, 0) is 18.8 Å². The summed E-state index contributed by atoms with van der Waals surface area (Å²) in [6.45, 7) is 7.28. The maximum absolute atomic E-state index is 6.42. The molecule has 1 aromatic carbocycles. The molecule has 2 saturated heterocycles. The van der Waals surface area contributed by atoms with Crippen molar-refractivity contribution in [2.24, 2.45) is 5.92 Å². The van der Waals surface area contributed by atoms with E-state index in [4.69, 9.17) is 9.57 Å². The van der Waals surface area contributed by atoms with Gasteiger partial charge in [-0.2, -0.15) is 9.48 Å². The minimum Gasteiger partial charge on any atom is -1.00 e. The molecule has 3 atom stereocenters. The zero-order valence-corrected chi connectivity index (χ0v) is 15.3. The Labute approximate surface area is 144 Å². The lowest BCUT2D eigenvalue weighted by Gasteiger charge is -2.39. The molecule has 0 amide bonds. The van der Waals surface area contributed by atoms with Crippen molar-refractivity contribution in [2.45, 2.75) is 58.4 Å². The Morgan fingerprint density at radius 3 is 2.73 bits per heavy atom. The number of halogens is 1. The van der Waals surface area contributed by atoms with Gasteiger partial charge in [0.15, 0.2) is 0 Å². The highest BCUT2D eigenvalue weighted by atomic mass is 79.9. The third kappa shape index (κ3) is 4.10. The summed E-state index contributed by atoms with van der Waals surface area (Å²) in [5, 5.41) is 0. The molecule has 0 saturated carbocycles. The molecule has 0 aliphatic carbocycles.